The van der Waals surface area contributed by atoms with E-state index < -0.39 is 0 Å². The molecule has 0 saturated carbocycles. The number of hydrogen-bond donors (Lipinski definition) is 0. The molecule has 0 radical (unpaired) electrons. The molecule has 0 atom stereocenters. The van der Waals surface area contributed by atoms with E-state index >= 15 is 0 Å². The molecule has 0 bridgehead atoms. The molecule has 7 rings (SSSR count). The lowest BCUT2D eigenvalue weighted by Crippen LogP contribution is -2.09. The van der Waals surface area contributed by atoms with Gasteiger partial charge in [0.2, 0.25) is 0 Å². The lowest BCUT2D eigenvalue weighted by atomic mass is 10.0. The molecule has 0 aliphatic heterocycles. The summed E-state index contributed by atoms with van der Waals surface area (Å²) in [5.41, 5.74) is 8.55. The molecule has 1 aliphatic rings. The van der Waals surface area contributed by atoms with Crippen LogP contribution in [0.25, 0.3) is 36.9 Å². The van der Waals surface area contributed by atoms with Gasteiger partial charge in [-0.15, -0.1) is 22.7 Å². The average molecular weight is 560 g/mol. The van der Waals surface area contributed by atoms with Crippen LogP contribution >= 0.6 is 22.7 Å². The zero-order valence-corrected chi connectivity index (χ0v) is 23.4. The van der Waals surface area contributed by atoms with Gasteiger partial charge in [-0.25, -0.2) is 0 Å². The largest absolute Gasteiger partial charge is 0.311 e. The van der Waals surface area contributed by atoms with Gasteiger partial charge in [-0.05, 0) is 71.3 Å². The van der Waals surface area contributed by atoms with Gasteiger partial charge < -0.3 is 4.90 Å². The van der Waals surface area contributed by atoms with E-state index in [0.29, 0.717) is 0 Å². The summed E-state index contributed by atoms with van der Waals surface area (Å²) in [6.45, 7) is 0. The number of anilines is 3. The van der Waals surface area contributed by atoms with Crippen LogP contribution in [0.4, 0.5) is 17.1 Å². The molecule has 2 heterocycles. The Bertz CT molecular complexity index is 1950. The van der Waals surface area contributed by atoms with Crippen LogP contribution in [0.15, 0.2) is 133 Å². The molecule has 0 unspecified atom stereocenters. The minimum atomic E-state index is 0.164. The average Bonchev–Trinajstić information content (AvgIpc) is 3.75. The van der Waals surface area contributed by atoms with E-state index in [9.17, 15) is 10.5 Å². The first kappa shape index (κ1) is 24.8. The summed E-state index contributed by atoms with van der Waals surface area (Å²) < 4.78 is 0. The van der Waals surface area contributed by atoms with Crippen molar-refractivity contribution in [3.05, 3.63) is 143 Å². The standard InChI is InChI=1S/C36H21N3S2/c37-22-25(23-38)35-30-14-8-7-13-29(30)31-21-34(41-36(31)35)33-20-19-32(40-33)24-15-17-28(18-16-24)39(26-9-3-1-4-10-26)27-11-5-2-6-12-27/h1-21H. The Balaban J connectivity index is 1.22. The maximum absolute atomic E-state index is 9.65. The Morgan fingerprint density at radius 3 is 1.71 bits per heavy atom. The zero-order valence-electron chi connectivity index (χ0n) is 21.8. The monoisotopic (exact) mass is 559 g/mol. The molecule has 2 aromatic heterocycles. The molecule has 0 amide bonds. The predicted octanol–water partition coefficient (Wildman–Crippen LogP) is 10.4. The molecule has 41 heavy (non-hydrogen) atoms. The van der Waals surface area contributed by atoms with Gasteiger partial charge in [0.25, 0.3) is 0 Å². The van der Waals surface area contributed by atoms with Crippen LogP contribution in [0.3, 0.4) is 0 Å². The van der Waals surface area contributed by atoms with Crippen LogP contribution in [0.1, 0.15) is 10.4 Å². The Kier molecular flexibility index (Phi) is 6.30. The molecular formula is C36H21N3S2. The molecule has 0 N–H and O–H groups in total. The molecule has 0 spiro atoms. The van der Waals surface area contributed by atoms with Gasteiger partial charge in [0.1, 0.15) is 17.7 Å². The summed E-state index contributed by atoms with van der Waals surface area (Å²) in [4.78, 5) is 6.77. The quantitative estimate of drug-likeness (QED) is 0.197. The molecule has 6 aromatic rings. The topological polar surface area (TPSA) is 50.8 Å². The van der Waals surface area contributed by atoms with E-state index in [1.54, 1.807) is 22.7 Å². The first-order chi connectivity index (χ1) is 20.2. The fraction of sp³-hybridized carbons (Fsp3) is 0. The minimum absolute atomic E-state index is 0.164. The van der Waals surface area contributed by atoms with Gasteiger partial charge in [0.15, 0.2) is 0 Å². The van der Waals surface area contributed by atoms with Crippen LogP contribution in [0.2, 0.25) is 0 Å². The van der Waals surface area contributed by atoms with Crippen molar-refractivity contribution in [2.24, 2.45) is 0 Å². The second kappa shape index (κ2) is 10.4. The van der Waals surface area contributed by atoms with Crippen LogP contribution in [-0.2, 0) is 0 Å². The van der Waals surface area contributed by atoms with Crippen molar-refractivity contribution >= 4 is 45.3 Å². The smallest absolute Gasteiger partial charge is 0.138 e. The molecule has 1 aliphatic carbocycles. The highest BCUT2D eigenvalue weighted by Crippen LogP contribution is 2.52. The van der Waals surface area contributed by atoms with Crippen LogP contribution in [-0.4, -0.2) is 0 Å². The van der Waals surface area contributed by atoms with Crippen molar-refractivity contribution in [1.82, 2.24) is 0 Å². The number of para-hydroxylation sites is 2. The van der Waals surface area contributed by atoms with E-state index in [-0.39, 0.29) is 5.57 Å². The lowest BCUT2D eigenvalue weighted by Gasteiger charge is -2.25. The van der Waals surface area contributed by atoms with Crippen molar-refractivity contribution < 1.29 is 0 Å². The van der Waals surface area contributed by atoms with Gasteiger partial charge in [0.05, 0.1) is 0 Å². The molecular weight excluding hydrogens is 539 g/mol. The van der Waals surface area contributed by atoms with E-state index in [4.69, 9.17) is 0 Å². The second-order valence-corrected chi connectivity index (χ2v) is 11.7. The van der Waals surface area contributed by atoms with E-state index in [1.807, 2.05) is 30.3 Å². The Hall–Kier alpha value is -5.20. The summed E-state index contributed by atoms with van der Waals surface area (Å²) >= 11 is 3.41. The van der Waals surface area contributed by atoms with Gasteiger partial charge in [-0.3, -0.25) is 0 Å². The van der Waals surface area contributed by atoms with Crippen molar-refractivity contribution in [3.8, 4) is 43.5 Å². The first-order valence-corrected chi connectivity index (χ1v) is 14.8. The van der Waals surface area contributed by atoms with E-state index in [0.717, 1.165) is 54.6 Å². The highest BCUT2D eigenvalue weighted by atomic mass is 32.1. The molecule has 5 heteroatoms. The van der Waals surface area contributed by atoms with Gasteiger partial charge in [0, 0.05) is 47.7 Å². The number of benzene rings is 4. The van der Waals surface area contributed by atoms with Crippen LogP contribution in [0, 0.1) is 22.7 Å². The third-order valence-electron chi connectivity index (χ3n) is 7.21. The zero-order chi connectivity index (χ0) is 27.8. The summed E-state index contributed by atoms with van der Waals surface area (Å²) in [6.07, 6.45) is 0. The van der Waals surface area contributed by atoms with Crippen molar-refractivity contribution in [2.75, 3.05) is 4.90 Å². The number of nitrogens with zero attached hydrogens (tertiary/aromatic N) is 3. The number of nitriles is 2. The van der Waals surface area contributed by atoms with Gasteiger partial charge in [-0.1, -0.05) is 72.8 Å². The summed E-state index contributed by atoms with van der Waals surface area (Å²) in [7, 11) is 0. The fourth-order valence-corrected chi connectivity index (χ4v) is 7.67. The maximum Gasteiger partial charge on any atom is 0.138 e. The van der Waals surface area contributed by atoms with E-state index in [2.05, 4.69) is 114 Å². The molecule has 4 aromatic carbocycles. The summed E-state index contributed by atoms with van der Waals surface area (Å²) in [5, 5.41) is 19.3. The Labute approximate surface area is 246 Å². The minimum Gasteiger partial charge on any atom is -0.311 e. The van der Waals surface area contributed by atoms with Crippen molar-refractivity contribution in [2.45, 2.75) is 0 Å². The van der Waals surface area contributed by atoms with Gasteiger partial charge >= 0.3 is 0 Å². The summed E-state index contributed by atoms with van der Waals surface area (Å²) in [6, 6.07) is 48.3. The number of hydrogen-bond acceptors (Lipinski definition) is 5. The highest BCUT2D eigenvalue weighted by Gasteiger charge is 2.29. The number of fused-ring (bicyclic) bond motifs is 3. The molecule has 3 nitrogen and oxygen atoms in total. The Morgan fingerprint density at radius 2 is 1.07 bits per heavy atom. The SMILES string of the molecule is N#CC(C#N)=C1c2ccccc2-c2cc(-c3ccc(-c4ccc(N(c5ccccc5)c5ccccc5)cc4)s3)sc21. The van der Waals surface area contributed by atoms with E-state index in [1.165, 1.54) is 9.75 Å². The third-order valence-corrected chi connectivity index (χ3v) is 9.69. The lowest BCUT2D eigenvalue weighted by molar-refractivity contribution is 1.28. The van der Waals surface area contributed by atoms with Gasteiger partial charge in [-0.2, -0.15) is 10.5 Å². The highest BCUT2D eigenvalue weighted by molar-refractivity contribution is 7.24. The van der Waals surface area contributed by atoms with Crippen LogP contribution < -0.4 is 4.90 Å². The number of rotatable bonds is 5. The number of thiophene rings is 2. The normalized spacial score (nSPS) is 11.3. The summed E-state index contributed by atoms with van der Waals surface area (Å²) in [5.74, 6) is 0. The third kappa shape index (κ3) is 4.35. The number of allylic oxidation sites excluding steroid dienone is 1. The Morgan fingerprint density at radius 1 is 0.512 bits per heavy atom. The molecule has 192 valence electrons. The van der Waals surface area contributed by atoms with Crippen LogP contribution in [0.5, 0.6) is 0 Å². The second-order valence-electron chi connectivity index (χ2n) is 9.59. The maximum atomic E-state index is 9.65. The predicted molar refractivity (Wildman–Crippen MR) is 170 cm³/mol. The fourth-order valence-electron chi connectivity index (χ4n) is 5.34. The first-order valence-electron chi connectivity index (χ1n) is 13.1. The van der Waals surface area contributed by atoms with Crippen molar-refractivity contribution in [1.29, 1.82) is 10.5 Å². The van der Waals surface area contributed by atoms with Crippen molar-refractivity contribution in [3.63, 3.8) is 0 Å². The molecule has 0 fully saturated rings. The molecule has 0 saturated heterocycles.